The van der Waals surface area contributed by atoms with Gasteiger partial charge in [0.15, 0.2) is 0 Å². The first kappa shape index (κ1) is 22.5. The maximum Gasteiger partial charge on any atom is 0.119 e. The molecule has 0 bridgehead atoms. The largest absolute Gasteiger partial charge is 0.494 e. The van der Waals surface area contributed by atoms with Crippen LogP contribution in [0.25, 0.3) is 0 Å². The second kappa shape index (κ2) is 10.7. The number of aliphatic hydroxyl groups excluding tert-OH is 1. The third-order valence-electron chi connectivity index (χ3n) is 5.98. The maximum atomic E-state index is 10.4. The number of alkyl halides is 2. The Morgan fingerprint density at radius 1 is 1.07 bits per heavy atom. The Hall–Kier alpha value is -1.22. The summed E-state index contributed by atoms with van der Waals surface area (Å²) in [7, 11) is 0. The first-order chi connectivity index (χ1) is 14.0. The molecule has 29 heavy (non-hydrogen) atoms. The summed E-state index contributed by atoms with van der Waals surface area (Å²) in [5.74, 6) is 1.38. The zero-order valence-electron chi connectivity index (χ0n) is 17.4. The summed E-state index contributed by atoms with van der Waals surface area (Å²) in [4.78, 5) is 0. The monoisotopic (exact) mass is 434 g/mol. The van der Waals surface area contributed by atoms with E-state index in [1.54, 1.807) is 0 Å². The quantitative estimate of drug-likeness (QED) is 0.436. The minimum Gasteiger partial charge on any atom is -0.494 e. The van der Waals surface area contributed by atoms with Gasteiger partial charge in [0.25, 0.3) is 0 Å². The van der Waals surface area contributed by atoms with Gasteiger partial charge in [0.05, 0.1) is 12.7 Å². The Morgan fingerprint density at radius 2 is 1.83 bits per heavy atom. The van der Waals surface area contributed by atoms with E-state index in [0.29, 0.717) is 6.61 Å². The predicted octanol–water partition coefficient (Wildman–Crippen LogP) is 6.87. The van der Waals surface area contributed by atoms with Crippen LogP contribution in [-0.2, 0) is 6.42 Å². The molecule has 2 aromatic carbocycles. The van der Waals surface area contributed by atoms with Gasteiger partial charge in [-0.3, -0.25) is 0 Å². The van der Waals surface area contributed by atoms with Gasteiger partial charge >= 0.3 is 0 Å². The summed E-state index contributed by atoms with van der Waals surface area (Å²) in [5, 5.41) is 10.4. The van der Waals surface area contributed by atoms with Crippen molar-refractivity contribution in [3.63, 3.8) is 0 Å². The SMILES string of the molecule is CCCCC(O)c1ccc(C2C(Cl)CC(Cl)C2Cc2cccc(OCC)c2)cc1. The van der Waals surface area contributed by atoms with Crippen molar-refractivity contribution in [3.05, 3.63) is 65.2 Å². The van der Waals surface area contributed by atoms with Crippen LogP contribution < -0.4 is 4.74 Å². The molecular formula is C25H32Cl2O2. The van der Waals surface area contributed by atoms with Crippen molar-refractivity contribution in [3.8, 4) is 5.75 Å². The van der Waals surface area contributed by atoms with E-state index in [9.17, 15) is 5.11 Å². The van der Waals surface area contributed by atoms with Crippen LogP contribution in [0.15, 0.2) is 48.5 Å². The molecule has 2 nitrogen and oxygen atoms in total. The Kier molecular flexibility index (Phi) is 8.29. The molecule has 1 N–H and O–H groups in total. The molecule has 1 aliphatic rings. The standard InChI is InChI=1S/C25H32Cl2O2/c1-3-5-9-24(28)18-10-12-19(13-11-18)25-21(22(26)16-23(25)27)15-17-7-6-8-20(14-17)29-4-2/h6-8,10-14,21-25,28H,3-5,9,15-16H2,1-2H3. The van der Waals surface area contributed by atoms with Crippen LogP contribution in [0.2, 0.25) is 0 Å². The van der Waals surface area contributed by atoms with Gasteiger partial charge in [0.1, 0.15) is 5.75 Å². The number of benzene rings is 2. The number of halogens is 2. The van der Waals surface area contributed by atoms with Crippen LogP contribution in [0, 0.1) is 5.92 Å². The van der Waals surface area contributed by atoms with Gasteiger partial charge in [0, 0.05) is 16.7 Å². The number of unbranched alkanes of at least 4 members (excludes halogenated alkanes) is 1. The van der Waals surface area contributed by atoms with E-state index < -0.39 is 6.10 Å². The summed E-state index contributed by atoms with van der Waals surface area (Å²) >= 11 is 13.5. The van der Waals surface area contributed by atoms with Gasteiger partial charge in [-0.1, -0.05) is 56.2 Å². The fourth-order valence-electron chi connectivity index (χ4n) is 4.45. The second-order valence-electron chi connectivity index (χ2n) is 8.07. The molecule has 1 aliphatic carbocycles. The van der Waals surface area contributed by atoms with E-state index in [4.69, 9.17) is 27.9 Å². The van der Waals surface area contributed by atoms with E-state index in [-0.39, 0.29) is 22.6 Å². The highest BCUT2D eigenvalue weighted by Gasteiger charge is 2.42. The summed E-state index contributed by atoms with van der Waals surface area (Å²) in [6.45, 7) is 4.80. The topological polar surface area (TPSA) is 29.5 Å². The van der Waals surface area contributed by atoms with E-state index in [2.05, 4.69) is 31.2 Å². The molecule has 0 heterocycles. The fourth-order valence-corrected chi connectivity index (χ4v) is 5.50. The van der Waals surface area contributed by atoms with E-state index in [0.717, 1.165) is 43.4 Å². The highest BCUT2D eigenvalue weighted by molar-refractivity contribution is 6.25. The molecule has 0 aliphatic heterocycles. The van der Waals surface area contributed by atoms with E-state index >= 15 is 0 Å². The molecule has 1 saturated carbocycles. The number of hydrogen-bond acceptors (Lipinski definition) is 2. The van der Waals surface area contributed by atoms with Crippen molar-refractivity contribution < 1.29 is 9.84 Å². The van der Waals surface area contributed by atoms with Gasteiger partial charge in [0.2, 0.25) is 0 Å². The lowest BCUT2D eigenvalue weighted by atomic mass is 9.84. The van der Waals surface area contributed by atoms with Crippen molar-refractivity contribution in [1.82, 2.24) is 0 Å². The first-order valence-electron chi connectivity index (χ1n) is 10.8. The first-order valence-corrected chi connectivity index (χ1v) is 11.7. The van der Waals surface area contributed by atoms with Gasteiger partial charge in [-0.05, 0) is 60.9 Å². The van der Waals surface area contributed by atoms with Gasteiger partial charge in [-0.15, -0.1) is 23.2 Å². The van der Waals surface area contributed by atoms with Crippen molar-refractivity contribution >= 4 is 23.2 Å². The molecule has 5 atom stereocenters. The minimum absolute atomic E-state index is 0.0217. The third kappa shape index (κ3) is 5.69. The molecule has 2 aromatic rings. The van der Waals surface area contributed by atoms with Crippen molar-refractivity contribution in [2.24, 2.45) is 5.92 Å². The minimum atomic E-state index is -0.391. The molecule has 5 unspecified atom stereocenters. The van der Waals surface area contributed by atoms with Crippen LogP contribution in [0.3, 0.4) is 0 Å². The molecular weight excluding hydrogens is 403 g/mol. The lowest BCUT2D eigenvalue weighted by Crippen LogP contribution is -2.19. The molecule has 158 valence electrons. The summed E-state index contributed by atoms with van der Waals surface area (Å²) in [5.41, 5.74) is 3.43. The Balaban J connectivity index is 1.77. The molecule has 0 saturated heterocycles. The second-order valence-corrected chi connectivity index (χ2v) is 9.19. The predicted molar refractivity (Wildman–Crippen MR) is 122 cm³/mol. The van der Waals surface area contributed by atoms with E-state index in [1.165, 1.54) is 11.1 Å². The van der Waals surface area contributed by atoms with Crippen LogP contribution in [-0.4, -0.2) is 22.5 Å². The summed E-state index contributed by atoms with van der Waals surface area (Å²) < 4.78 is 5.65. The van der Waals surface area contributed by atoms with Gasteiger partial charge in [-0.2, -0.15) is 0 Å². The van der Waals surface area contributed by atoms with E-state index in [1.807, 2.05) is 31.2 Å². The average Bonchev–Trinajstić information content (AvgIpc) is 2.99. The lowest BCUT2D eigenvalue weighted by molar-refractivity contribution is 0.164. The van der Waals surface area contributed by atoms with Crippen molar-refractivity contribution in [2.75, 3.05) is 6.61 Å². The molecule has 4 heteroatoms. The van der Waals surface area contributed by atoms with Crippen LogP contribution >= 0.6 is 23.2 Å². The Bertz CT molecular complexity index is 762. The zero-order chi connectivity index (χ0) is 20.8. The maximum absolute atomic E-state index is 10.4. The third-order valence-corrected chi connectivity index (χ3v) is 6.94. The van der Waals surface area contributed by atoms with Crippen molar-refractivity contribution in [1.29, 1.82) is 0 Å². The Morgan fingerprint density at radius 3 is 2.52 bits per heavy atom. The molecule has 3 rings (SSSR count). The van der Waals surface area contributed by atoms with Crippen LogP contribution in [0.5, 0.6) is 5.75 Å². The lowest BCUT2D eigenvalue weighted by Gasteiger charge is -2.24. The number of ether oxygens (including phenoxy) is 1. The van der Waals surface area contributed by atoms with Gasteiger partial charge in [-0.25, -0.2) is 0 Å². The van der Waals surface area contributed by atoms with Gasteiger partial charge < -0.3 is 9.84 Å². The Labute approximate surface area is 185 Å². The molecule has 0 spiro atoms. The molecule has 0 aromatic heterocycles. The van der Waals surface area contributed by atoms with Crippen LogP contribution in [0.1, 0.15) is 68.2 Å². The summed E-state index contributed by atoms with van der Waals surface area (Å²) in [6, 6.07) is 16.6. The van der Waals surface area contributed by atoms with Crippen molar-refractivity contribution in [2.45, 2.75) is 68.7 Å². The number of aliphatic hydroxyl groups is 1. The summed E-state index contributed by atoms with van der Waals surface area (Å²) in [6.07, 6.45) is 4.23. The highest BCUT2D eigenvalue weighted by atomic mass is 35.5. The molecule has 1 fully saturated rings. The normalized spacial score (nSPS) is 25.1. The number of hydrogen-bond donors (Lipinski definition) is 1. The smallest absolute Gasteiger partial charge is 0.119 e. The van der Waals surface area contributed by atoms with Crippen LogP contribution in [0.4, 0.5) is 0 Å². The fraction of sp³-hybridized carbons (Fsp3) is 0.520. The molecule has 0 radical (unpaired) electrons. The highest BCUT2D eigenvalue weighted by Crippen LogP contribution is 2.47. The molecule has 0 amide bonds. The average molecular weight is 435 g/mol. The zero-order valence-corrected chi connectivity index (χ0v) is 18.9. The number of rotatable bonds is 9.